The van der Waals surface area contributed by atoms with Gasteiger partial charge >= 0.3 is 6.61 Å². The first-order chi connectivity index (χ1) is 13.0. The minimum Gasteiger partial charge on any atom is -0.493 e. The largest absolute Gasteiger partial charge is 0.493 e. The van der Waals surface area contributed by atoms with Crippen LogP contribution in [0.2, 0.25) is 0 Å². The summed E-state index contributed by atoms with van der Waals surface area (Å²) in [6.07, 6.45) is 1.22. The van der Waals surface area contributed by atoms with E-state index in [1.165, 1.54) is 25.3 Å². The predicted molar refractivity (Wildman–Crippen MR) is 93.6 cm³/mol. The number of hydrogen-bond donors (Lipinski definition) is 1. The standard InChI is InChI=1S/C20H20F3NO3/c1-26-17-7-2-12(10-18(17)27-20(22)23)8-9-24-19(25)16-11-15(16)13-3-5-14(21)6-4-13/h2-7,10,15-16,20H,8-9,11H2,1H3,(H,24,25). The molecule has 27 heavy (non-hydrogen) atoms. The molecular weight excluding hydrogens is 359 g/mol. The first-order valence-electron chi connectivity index (χ1n) is 8.63. The number of alkyl halides is 2. The molecule has 0 saturated heterocycles. The molecule has 0 spiro atoms. The summed E-state index contributed by atoms with van der Waals surface area (Å²) in [4.78, 5) is 12.2. The monoisotopic (exact) mass is 379 g/mol. The minimum atomic E-state index is -2.94. The van der Waals surface area contributed by atoms with Gasteiger partial charge in [0.25, 0.3) is 0 Å². The molecule has 2 atom stereocenters. The van der Waals surface area contributed by atoms with E-state index in [4.69, 9.17) is 4.74 Å². The van der Waals surface area contributed by atoms with Gasteiger partial charge in [0.05, 0.1) is 7.11 Å². The molecule has 0 bridgehead atoms. The van der Waals surface area contributed by atoms with E-state index in [-0.39, 0.29) is 35.1 Å². The van der Waals surface area contributed by atoms with Crippen LogP contribution in [-0.2, 0) is 11.2 Å². The molecule has 1 aliphatic carbocycles. The van der Waals surface area contributed by atoms with Gasteiger partial charge in [-0.1, -0.05) is 18.2 Å². The Kier molecular flexibility index (Phi) is 5.88. The lowest BCUT2D eigenvalue weighted by Gasteiger charge is -2.12. The maximum atomic E-state index is 13.0. The van der Waals surface area contributed by atoms with Crippen LogP contribution in [0.4, 0.5) is 13.2 Å². The molecule has 7 heteroatoms. The average Bonchev–Trinajstić information content (AvgIpc) is 3.43. The molecule has 1 aliphatic rings. The van der Waals surface area contributed by atoms with Crippen molar-refractivity contribution in [1.29, 1.82) is 0 Å². The number of amides is 1. The third-order valence-corrected chi connectivity index (χ3v) is 4.58. The molecule has 144 valence electrons. The molecule has 0 aliphatic heterocycles. The van der Waals surface area contributed by atoms with E-state index in [2.05, 4.69) is 10.1 Å². The Morgan fingerprint density at radius 3 is 2.59 bits per heavy atom. The Bertz CT molecular complexity index is 796. The van der Waals surface area contributed by atoms with Crippen molar-refractivity contribution in [2.45, 2.75) is 25.4 Å². The van der Waals surface area contributed by atoms with Crippen LogP contribution >= 0.6 is 0 Å². The lowest BCUT2D eigenvalue weighted by atomic mass is 10.1. The molecule has 2 unspecified atom stereocenters. The normalized spacial score (nSPS) is 18.3. The van der Waals surface area contributed by atoms with Gasteiger partial charge in [-0.3, -0.25) is 4.79 Å². The Morgan fingerprint density at radius 2 is 1.93 bits per heavy atom. The van der Waals surface area contributed by atoms with Crippen LogP contribution in [0.15, 0.2) is 42.5 Å². The van der Waals surface area contributed by atoms with E-state index in [0.717, 1.165) is 17.5 Å². The highest BCUT2D eigenvalue weighted by atomic mass is 19.3. The second-order valence-electron chi connectivity index (χ2n) is 6.40. The van der Waals surface area contributed by atoms with E-state index in [1.54, 1.807) is 24.3 Å². The molecule has 0 aromatic heterocycles. The van der Waals surface area contributed by atoms with Gasteiger partial charge in [0.2, 0.25) is 5.91 Å². The molecule has 3 rings (SSSR count). The fourth-order valence-electron chi connectivity index (χ4n) is 3.09. The van der Waals surface area contributed by atoms with Gasteiger partial charge in [-0.25, -0.2) is 4.39 Å². The van der Waals surface area contributed by atoms with Crippen molar-refractivity contribution in [2.75, 3.05) is 13.7 Å². The Morgan fingerprint density at radius 1 is 1.19 bits per heavy atom. The molecule has 4 nitrogen and oxygen atoms in total. The second-order valence-corrected chi connectivity index (χ2v) is 6.40. The van der Waals surface area contributed by atoms with Crippen molar-refractivity contribution in [3.63, 3.8) is 0 Å². The molecule has 1 fully saturated rings. The number of nitrogens with one attached hydrogen (secondary N) is 1. The number of carbonyl (C=O) groups excluding carboxylic acids is 1. The summed E-state index contributed by atoms with van der Waals surface area (Å²) in [5, 5.41) is 2.86. The number of hydrogen-bond acceptors (Lipinski definition) is 3. The molecule has 1 saturated carbocycles. The second kappa shape index (κ2) is 8.33. The van der Waals surface area contributed by atoms with Crippen LogP contribution in [0, 0.1) is 11.7 Å². The average molecular weight is 379 g/mol. The topological polar surface area (TPSA) is 47.6 Å². The van der Waals surface area contributed by atoms with Crippen molar-refractivity contribution in [1.82, 2.24) is 5.32 Å². The van der Waals surface area contributed by atoms with Crippen LogP contribution in [0.5, 0.6) is 11.5 Å². The maximum Gasteiger partial charge on any atom is 0.387 e. The quantitative estimate of drug-likeness (QED) is 0.757. The van der Waals surface area contributed by atoms with Crippen molar-refractivity contribution < 1.29 is 27.4 Å². The van der Waals surface area contributed by atoms with E-state index in [9.17, 15) is 18.0 Å². The van der Waals surface area contributed by atoms with Crippen LogP contribution in [0.3, 0.4) is 0 Å². The summed E-state index contributed by atoms with van der Waals surface area (Å²) in [5.41, 5.74) is 1.71. The zero-order valence-electron chi connectivity index (χ0n) is 14.8. The predicted octanol–water partition coefficient (Wildman–Crippen LogP) is 3.90. The van der Waals surface area contributed by atoms with Gasteiger partial charge < -0.3 is 14.8 Å². The van der Waals surface area contributed by atoms with Gasteiger partial charge in [-0.2, -0.15) is 8.78 Å². The summed E-state index contributed by atoms with van der Waals surface area (Å²) >= 11 is 0. The number of rotatable bonds is 8. The number of ether oxygens (including phenoxy) is 2. The number of methoxy groups -OCH3 is 1. The third kappa shape index (κ3) is 4.93. The first kappa shape index (κ1) is 19.1. The van der Waals surface area contributed by atoms with Gasteiger partial charge in [-0.05, 0) is 54.2 Å². The maximum absolute atomic E-state index is 13.0. The van der Waals surface area contributed by atoms with Crippen LogP contribution in [-0.4, -0.2) is 26.2 Å². The van der Waals surface area contributed by atoms with Gasteiger partial charge in [0, 0.05) is 12.5 Å². The molecule has 2 aromatic carbocycles. The smallest absolute Gasteiger partial charge is 0.387 e. The third-order valence-electron chi connectivity index (χ3n) is 4.58. The van der Waals surface area contributed by atoms with E-state index < -0.39 is 6.61 Å². The molecule has 1 amide bonds. The van der Waals surface area contributed by atoms with Crippen molar-refractivity contribution in [3.8, 4) is 11.5 Å². The zero-order valence-corrected chi connectivity index (χ0v) is 14.8. The summed E-state index contributed by atoms with van der Waals surface area (Å²) in [6.45, 7) is -2.56. The fraction of sp³-hybridized carbons (Fsp3) is 0.350. The van der Waals surface area contributed by atoms with Crippen molar-refractivity contribution >= 4 is 5.91 Å². The lowest BCUT2D eigenvalue weighted by Crippen LogP contribution is -2.27. The molecule has 1 N–H and O–H groups in total. The highest BCUT2D eigenvalue weighted by Crippen LogP contribution is 2.47. The number of halogens is 3. The molecule has 2 aromatic rings. The Balaban J connectivity index is 1.50. The zero-order chi connectivity index (χ0) is 19.4. The minimum absolute atomic E-state index is 0.0325. The van der Waals surface area contributed by atoms with E-state index in [1.807, 2.05) is 0 Å². The van der Waals surface area contributed by atoms with Gasteiger partial charge in [0.1, 0.15) is 5.82 Å². The number of carbonyl (C=O) groups is 1. The van der Waals surface area contributed by atoms with E-state index in [0.29, 0.717) is 13.0 Å². The first-order valence-corrected chi connectivity index (χ1v) is 8.63. The van der Waals surface area contributed by atoms with Crippen molar-refractivity contribution in [3.05, 3.63) is 59.4 Å². The summed E-state index contributed by atoms with van der Waals surface area (Å²) in [7, 11) is 1.38. The molecular formula is C20H20F3NO3. The SMILES string of the molecule is COc1ccc(CCNC(=O)C2CC2c2ccc(F)cc2)cc1OC(F)F. The van der Waals surface area contributed by atoms with Crippen molar-refractivity contribution in [2.24, 2.45) is 5.92 Å². The Labute approximate surface area is 155 Å². The van der Waals surface area contributed by atoms with E-state index >= 15 is 0 Å². The highest BCUT2D eigenvalue weighted by Gasteiger charge is 2.43. The lowest BCUT2D eigenvalue weighted by molar-refractivity contribution is -0.122. The highest BCUT2D eigenvalue weighted by molar-refractivity contribution is 5.82. The molecule has 0 heterocycles. The fourth-order valence-corrected chi connectivity index (χ4v) is 3.09. The summed E-state index contributed by atoms with van der Waals surface area (Å²) in [5.74, 6) is -0.142. The Hall–Kier alpha value is -2.70. The number of benzene rings is 2. The van der Waals surface area contributed by atoms with Crippen LogP contribution in [0.1, 0.15) is 23.5 Å². The molecule has 0 radical (unpaired) electrons. The van der Waals surface area contributed by atoms with Crippen LogP contribution in [0.25, 0.3) is 0 Å². The van der Waals surface area contributed by atoms with Gasteiger partial charge in [-0.15, -0.1) is 0 Å². The van der Waals surface area contributed by atoms with Crippen LogP contribution < -0.4 is 14.8 Å². The van der Waals surface area contributed by atoms with Gasteiger partial charge in [0.15, 0.2) is 11.5 Å². The summed E-state index contributed by atoms with van der Waals surface area (Å²) in [6, 6.07) is 11.0. The summed E-state index contributed by atoms with van der Waals surface area (Å²) < 4.78 is 47.3.